The lowest BCUT2D eigenvalue weighted by Crippen LogP contribution is -2.37. The number of Topliss-reactive ketones (excluding diaryl/α,β-unsaturated/α-hetero) is 1. The van der Waals surface area contributed by atoms with Crippen LogP contribution in [0.1, 0.15) is 155 Å². The Morgan fingerprint density at radius 2 is 1.27 bits per heavy atom. The van der Waals surface area contributed by atoms with Gasteiger partial charge in [0.1, 0.15) is 25.5 Å². The lowest BCUT2D eigenvalue weighted by molar-refractivity contribution is -0.870. The molecule has 0 aliphatic heterocycles. The van der Waals surface area contributed by atoms with Crippen molar-refractivity contribution in [1.82, 2.24) is 0 Å². The second-order valence-corrected chi connectivity index (χ2v) is 19.6. The summed E-state index contributed by atoms with van der Waals surface area (Å²) < 4.78 is 34.2. The van der Waals surface area contributed by atoms with Gasteiger partial charge in [0.15, 0.2) is 6.10 Å². The number of esters is 2. The molecule has 368 valence electrons. The van der Waals surface area contributed by atoms with Crippen molar-refractivity contribution in [2.24, 2.45) is 11.8 Å². The highest BCUT2D eigenvalue weighted by Crippen LogP contribution is 2.43. The molecular weight excluding hydrogens is 838 g/mol. The van der Waals surface area contributed by atoms with Gasteiger partial charge in [-0.15, -0.1) is 0 Å². The first kappa shape index (κ1) is 59.3. The van der Waals surface area contributed by atoms with Gasteiger partial charge >= 0.3 is 19.8 Å². The summed E-state index contributed by atoms with van der Waals surface area (Å²) in [5, 5.41) is 31.4. The number of ether oxygens (including phenoxy) is 2. The number of phosphoric ester groups is 1. The summed E-state index contributed by atoms with van der Waals surface area (Å²) >= 11 is 0. The summed E-state index contributed by atoms with van der Waals surface area (Å²) in [6.07, 6.45) is 33.3. The van der Waals surface area contributed by atoms with E-state index < -0.39 is 69.2 Å². The van der Waals surface area contributed by atoms with Crippen LogP contribution < -0.4 is 0 Å². The number of aliphatic hydroxyl groups is 3. The van der Waals surface area contributed by atoms with Crippen LogP contribution in [-0.4, -0.2) is 114 Å². The molecule has 0 heterocycles. The Balaban J connectivity index is 2.51. The van der Waals surface area contributed by atoms with Crippen LogP contribution in [0.3, 0.4) is 0 Å². The van der Waals surface area contributed by atoms with E-state index in [1.807, 2.05) is 21.1 Å². The predicted octanol–water partition coefficient (Wildman–Crippen LogP) is 9.58. The molecule has 0 aromatic heterocycles. The number of hydrogen-bond donors (Lipinski definition) is 4. The summed E-state index contributed by atoms with van der Waals surface area (Å²) in [4.78, 5) is 48.5. The minimum absolute atomic E-state index is 0.00699. The third-order valence-electron chi connectivity index (χ3n) is 11.0. The zero-order valence-electron chi connectivity index (χ0n) is 40.1. The van der Waals surface area contributed by atoms with Crippen LogP contribution in [0.25, 0.3) is 0 Å². The smallest absolute Gasteiger partial charge is 0.462 e. The lowest BCUT2D eigenvalue weighted by atomic mass is 9.87. The molecule has 1 saturated carbocycles. The molecule has 64 heavy (non-hydrogen) atoms. The highest BCUT2D eigenvalue weighted by atomic mass is 31.2. The zero-order chi connectivity index (χ0) is 47.5. The van der Waals surface area contributed by atoms with Crippen molar-refractivity contribution in [2.45, 2.75) is 180 Å². The summed E-state index contributed by atoms with van der Waals surface area (Å²) in [5.41, 5.74) is 0. The van der Waals surface area contributed by atoms with E-state index in [-0.39, 0.29) is 44.5 Å². The van der Waals surface area contributed by atoms with Gasteiger partial charge in [-0.05, 0) is 70.6 Å². The van der Waals surface area contributed by atoms with Crippen molar-refractivity contribution < 1.29 is 62.2 Å². The second kappa shape index (κ2) is 36.4. The van der Waals surface area contributed by atoms with Crippen LogP contribution in [0.4, 0.5) is 0 Å². The van der Waals surface area contributed by atoms with Gasteiger partial charge in [0.25, 0.3) is 0 Å². The number of allylic oxidation sites excluding steroid dienone is 8. The fourth-order valence-electron chi connectivity index (χ4n) is 7.11. The molecule has 1 unspecified atom stereocenters. The molecule has 0 aromatic rings. The lowest BCUT2D eigenvalue weighted by Gasteiger charge is -2.24. The van der Waals surface area contributed by atoms with E-state index in [0.29, 0.717) is 36.7 Å². The maximum absolute atomic E-state index is 12.9. The molecular formula is C50H87NO12P+. The van der Waals surface area contributed by atoms with Crippen LogP contribution in [0, 0.1) is 11.8 Å². The first-order valence-electron chi connectivity index (χ1n) is 24.2. The molecule has 1 aliphatic rings. The number of ketones is 1. The number of phosphoric acid groups is 1. The van der Waals surface area contributed by atoms with Gasteiger partial charge in [0, 0.05) is 43.9 Å². The van der Waals surface area contributed by atoms with Gasteiger partial charge in [-0.2, -0.15) is 0 Å². The van der Waals surface area contributed by atoms with Crippen LogP contribution in [0.15, 0.2) is 60.8 Å². The van der Waals surface area contributed by atoms with E-state index in [0.717, 1.165) is 64.2 Å². The van der Waals surface area contributed by atoms with Crippen molar-refractivity contribution in [1.29, 1.82) is 0 Å². The largest absolute Gasteiger partial charge is 0.472 e. The molecule has 0 bridgehead atoms. The number of quaternary nitrogens is 1. The Morgan fingerprint density at radius 1 is 0.703 bits per heavy atom. The maximum atomic E-state index is 12.9. The predicted molar refractivity (Wildman–Crippen MR) is 254 cm³/mol. The highest BCUT2D eigenvalue weighted by molar-refractivity contribution is 7.47. The van der Waals surface area contributed by atoms with E-state index in [9.17, 15) is 39.2 Å². The molecule has 0 spiro atoms. The number of carbonyl (C=O) groups excluding carboxylic acids is 3. The number of rotatable bonds is 39. The topological polar surface area (TPSA) is 186 Å². The molecule has 0 amide bonds. The molecule has 0 radical (unpaired) electrons. The molecule has 1 fully saturated rings. The van der Waals surface area contributed by atoms with E-state index in [1.165, 1.54) is 19.3 Å². The monoisotopic (exact) mass is 925 g/mol. The molecule has 4 N–H and O–H groups in total. The van der Waals surface area contributed by atoms with E-state index in [4.69, 9.17) is 18.5 Å². The van der Waals surface area contributed by atoms with Gasteiger partial charge in [0.2, 0.25) is 0 Å². The Kier molecular flexibility index (Phi) is 33.7. The molecule has 1 rings (SSSR count). The first-order chi connectivity index (χ1) is 30.6. The molecule has 0 aromatic carbocycles. The Labute approximate surface area is 386 Å². The van der Waals surface area contributed by atoms with Crippen molar-refractivity contribution in [3.05, 3.63) is 60.8 Å². The average molecular weight is 925 g/mol. The van der Waals surface area contributed by atoms with E-state index in [2.05, 4.69) is 62.5 Å². The summed E-state index contributed by atoms with van der Waals surface area (Å²) in [6, 6.07) is 0. The molecule has 14 heteroatoms. The Morgan fingerprint density at radius 3 is 1.89 bits per heavy atom. The van der Waals surface area contributed by atoms with Gasteiger partial charge in [0.05, 0.1) is 46.1 Å². The van der Waals surface area contributed by atoms with Crippen LogP contribution >= 0.6 is 7.82 Å². The van der Waals surface area contributed by atoms with Crippen molar-refractivity contribution in [3.8, 4) is 0 Å². The van der Waals surface area contributed by atoms with Crippen LogP contribution in [-0.2, 0) is 37.5 Å². The molecule has 7 atom stereocenters. The summed E-state index contributed by atoms with van der Waals surface area (Å²) in [7, 11) is 1.24. The second-order valence-electron chi connectivity index (χ2n) is 18.1. The molecule has 13 nitrogen and oxygen atoms in total. The zero-order valence-corrected chi connectivity index (χ0v) is 41.0. The first-order valence-corrected chi connectivity index (χ1v) is 25.7. The quantitative estimate of drug-likeness (QED) is 0.0151. The summed E-state index contributed by atoms with van der Waals surface area (Å²) in [5.74, 6) is -2.11. The number of nitrogens with zero attached hydrogens (tertiary/aromatic N) is 1. The van der Waals surface area contributed by atoms with Crippen LogP contribution in [0.2, 0.25) is 0 Å². The number of carbonyl (C=O) groups is 3. The third-order valence-corrected chi connectivity index (χ3v) is 12.0. The minimum atomic E-state index is -4.48. The maximum Gasteiger partial charge on any atom is 0.472 e. The third kappa shape index (κ3) is 32.8. The Bertz CT molecular complexity index is 1450. The number of likely N-dealkylation sites (N-methyl/N-ethyl adjacent to an activating group) is 1. The van der Waals surface area contributed by atoms with Crippen molar-refractivity contribution >= 4 is 25.5 Å². The standard InChI is InChI=1S/C50H86NO12P/c1-6-8-10-11-12-13-14-15-16-17-18-19-20-21-22-23-24-25-27-33-50(57)63-44(41-62-64(58,59)61-37-36-51(3,4)5)40-60-49(56)32-29-28-31-43(53)38-46-45(47(54)39-48(46)55)35-34-42(52)30-26-9-7-2/h12-13,15-16,18-19,21-22,34-35,42,44-48,52,54-55H,6-11,14,17,20,23-33,36-41H2,1-5H3/p+1/b13-12-,16-15-,19-18-,22-21-,35-34+/t42-,44+,45+,46+,47+,48-/m0/s1. The number of aliphatic hydroxyl groups excluding tert-OH is 3. The van der Waals surface area contributed by atoms with Gasteiger partial charge in [-0.1, -0.05) is 113 Å². The SMILES string of the molecule is CCCCC/C=C\C/C=C\C/C=C\C/C=C\CCCCCC(=O)O[C@H](COC(=O)CCCCC(=O)C[C@@H]1[C@@H](/C=C/[C@@H](O)CCCCC)[C@H](O)C[C@@H]1O)COP(=O)(O)OCC[N+](C)(C)C. The number of hydrogen-bond acceptors (Lipinski definition) is 11. The van der Waals surface area contributed by atoms with Gasteiger partial charge in [-0.25, -0.2) is 4.57 Å². The van der Waals surface area contributed by atoms with Crippen molar-refractivity contribution in [2.75, 3.05) is 47.5 Å². The fraction of sp³-hybridized carbons (Fsp3) is 0.740. The van der Waals surface area contributed by atoms with E-state index >= 15 is 0 Å². The molecule has 1 aliphatic carbocycles. The fourth-order valence-corrected chi connectivity index (χ4v) is 7.85. The van der Waals surface area contributed by atoms with Gasteiger partial charge < -0.3 is 34.2 Å². The van der Waals surface area contributed by atoms with Gasteiger partial charge in [-0.3, -0.25) is 23.4 Å². The van der Waals surface area contributed by atoms with Crippen molar-refractivity contribution in [3.63, 3.8) is 0 Å². The Hall–Kier alpha value is -2.74. The normalized spacial score (nSPS) is 20.3. The number of unbranched alkanes of at least 4 members (excludes halogenated alkanes) is 9. The molecule has 0 saturated heterocycles. The average Bonchev–Trinajstić information content (AvgIpc) is 3.49. The van der Waals surface area contributed by atoms with Crippen LogP contribution in [0.5, 0.6) is 0 Å². The van der Waals surface area contributed by atoms with E-state index in [1.54, 1.807) is 12.2 Å². The minimum Gasteiger partial charge on any atom is -0.462 e. The summed E-state index contributed by atoms with van der Waals surface area (Å²) in [6.45, 7) is 3.81. The highest BCUT2D eigenvalue weighted by Gasteiger charge is 2.41.